The lowest BCUT2D eigenvalue weighted by molar-refractivity contribution is -0.480. The third-order valence-corrected chi connectivity index (χ3v) is 8.64. The van der Waals surface area contributed by atoms with Crippen molar-refractivity contribution in [2.45, 2.75) is 51.1 Å². The van der Waals surface area contributed by atoms with E-state index < -0.39 is 75.7 Å². The van der Waals surface area contributed by atoms with Crippen LogP contribution in [-0.4, -0.2) is 26.2 Å². The molecule has 5 nitrogen and oxygen atoms in total. The molecule has 3 heterocycles. The van der Waals surface area contributed by atoms with Crippen LogP contribution in [-0.2, 0) is 26.3 Å². The third-order valence-electron chi connectivity index (χ3n) is 8.64. The number of alkyl halides is 5. The Morgan fingerprint density at radius 3 is 1.78 bits per heavy atom. The highest BCUT2D eigenvalue weighted by Crippen LogP contribution is 2.47. The summed E-state index contributed by atoms with van der Waals surface area (Å²) in [6, 6.07) is 8.93. The van der Waals surface area contributed by atoms with E-state index in [1.54, 1.807) is 0 Å². The number of halogens is 10. The molecule has 0 spiro atoms. The van der Waals surface area contributed by atoms with Crippen LogP contribution in [0.25, 0.3) is 22.3 Å². The zero-order chi connectivity index (χ0) is 36.8. The average Bonchev–Trinajstić information content (AvgIpc) is 3.05. The molecule has 0 saturated carbocycles. The van der Waals surface area contributed by atoms with E-state index in [9.17, 15) is 35.1 Å². The van der Waals surface area contributed by atoms with Gasteiger partial charge in [-0.05, 0) is 53.9 Å². The van der Waals surface area contributed by atoms with Crippen molar-refractivity contribution in [1.82, 2.24) is 0 Å². The first-order valence-electron chi connectivity index (χ1n) is 15.7. The Labute approximate surface area is 284 Å². The van der Waals surface area contributed by atoms with Gasteiger partial charge in [0.1, 0.15) is 34.6 Å². The van der Waals surface area contributed by atoms with E-state index in [0.29, 0.717) is 44.1 Å². The van der Waals surface area contributed by atoms with Gasteiger partial charge in [-0.2, -0.15) is 8.78 Å². The molecule has 2 bridgehead atoms. The Kier molecular flexibility index (Phi) is 9.76. The fraction of sp³-hybridized carbons (Fsp3) is 0.333. The summed E-state index contributed by atoms with van der Waals surface area (Å²) in [4.78, 5) is 0. The van der Waals surface area contributed by atoms with E-state index in [0.717, 1.165) is 43.9 Å². The molecule has 4 aromatic carbocycles. The van der Waals surface area contributed by atoms with Crippen molar-refractivity contribution in [2.75, 3.05) is 19.8 Å². The Morgan fingerprint density at radius 1 is 0.627 bits per heavy atom. The van der Waals surface area contributed by atoms with Crippen LogP contribution in [0.1, 0.15) is 43.7 Å². The van der Waals surface area contributed by atoms with Crippen LogP contribution < -0.4 is 9.47 Å². The minimum Gasteiger partial charge on any atom is -0.429 e. The van der Waals surface area contributed by atoms with Crippen molar-refractivity contribution in [3.63, 3.8) is 0 Å². The molecule has 0 atom stereocenters. The van der Waals surface area contributed by atoms with Gasteiger partial charge in [-0.3, -0.25) is 0 Å². The van der Waals surface area contributed by atoms with Gasteiger partial charge in [0.2, 0.25) is 0 Å². The molecule has 4 aromatic rings. The van der Waals surface area contributed by atoms with Gasteiger partial charge in [0.05, 0.1) is 19.8 Å². The van der Waals surface area contributed by atoms with E-state index in [1.165, 1.54) is 18.2 Å². The highest BCUT2D eigenvalue weighted by molar-refractivity contribution is 5.72. The van der Waals surface area contributed by atoms with Gasteiger partial charge in [0, 0.05) is 28.2 Å². The molecule has 0 amide bonds. The number of unbranched alkanes of at least 4 members (excludes halogenated alkanes) is 2. The average molecular weight is 731 g/mol. The molecule has 0 N–H and O–H groups in total. The molecule has 0 aromatic heterocycles. The predicted octanol–water partition coefficient (Wildman–Crippen LogP) is 10.5. The number of hydrogen-bond acceptors (Lipinski definition) is 5. The monoisotopic (exact) mass is 730 g/mol. The fourth-order valence-corrected chi connectivity index (χ4v) is 6.03. The number of hydrogen-bond donors (Lipinski definition) is 0. The molecule has 0 unspecified atom stereocenters. The zero-order valence-electron chi connectivity index (χ0n) is 26.6. The van der Waals surface area contributed by atoms with Gasteiger partial charge >= 0.3 is 18.4 Å². The zero-order valence-corrected chi connectivity index (χ0v) is 26.6. The number of rotatable bonds is 11. The molecule has 0 radical (unpaired) electrons. The van der Waals surface area contributed by atoms with Crippen LogP contribution in [0, 0.1) is 34.5 Å². The van der Waals surface area contributed by atoms with Crippen molar-refractivity contribution < 1.29 is 67.6 Å². The summed E-state index contributed by atoms with van der Waals surface area (Å²) in [6.07, 6.45) is -6.10. The van der Waals surface area contributed by atoms with Crippen LogP contribution in [0.2, 0.25) is 0 Å². The first kappa shape index (κ1) is 36.5. The molecular formula is C36H28F10O5. The first-order valence-corrected chi connectivity index (χ1v) is 15.7. The van der Waals surface area contributed by atoms with Crippen molar-refractivity contribution >= 4 is 0 Å². The second-order valence-electron chi connectivity index (χ2n) is 12.3. The second-order valence-corrected chi connectivity index (χ2v) is 12.3. The van der Waals surface area contributed by atoms with Gasteiger partial charge in [-0.15, -0.1) is 13.2 Å². The summed E-state index contributed by atoms with van der Waals surface area (Å²) < 4.78 is 167. The van der Waals surface area contributed by atoms with Crippen LogP contribution in [0.5, 0.6) is 11.5 Å². The third kappa shape index (κ3) is 7.51. The largest absolute Gasteiger partial charge is 0.573 e. The molecule has 3 aliphatic rings. The molecule has 51 heavy (non-hydrogen) atoms. The number of fused-ring (bicyclic) bond motifs is 3. The first-order chi connectivity index (χ1) is 24.0. The lowest BCUT2D eigenvalue weighted by atomic mass is 9.82. The molecule has 3 fully saturated rings. The van der Waals surface area contributed by atoms with Gasteiger partial charge in [0.15, 0.2) is 11.6 Å². The van der Waals surface area contributed by atoms with Gasteiger partial charge in [-0.1, -0.05) is 50.5 Å². The maximum Gasteiger partial charge on any atom is 0.573 e. The van der Waals surface area contributed by atoms with E-state index >= 15 is 8.78 Å². The van der Waals surface area contributed by atoms with Gasteiger partial charge in [-0.25, -0.2) is 22.0 Å². The molecule has 0 aliphatic carbocycles. The highest BCUT2D eigenvalue weighted by atomic mass is 19.4. The molecule has 3 aliphatic heterocycles. The second kappa shape index (κ2) is 13.7. The maximum atomic E-state index is 15.4. The summed E-state index contributed by atoms with van der Waals surface area (Å²) >= 11 is 0. The molecule has 3 saturated heterocycles. The van der Waals surface area contributed by atoms with Crippen LogP contribution in [0.3, 0.4) is 0 Å². The van der Waals surface area contributed by atoms with E-state index in [2.05, 4.69) is 16.4 Å². The molecule has 272 valence electrons. The Balaban J connectivity index is 1.18. The van der Waals surface area contributed by atoms with E-state index in [-0.39, 0.29) is 28.2 Å². The Bertz CT molecular complexity index is 1880. The van der Waals surface area contributed by atoms with Crippen molar-refractivity contribution in [2.24, 2.45) is 5.41 Å². The van der Waals surface area contributed by atoms with E-state index in [1.807, 2.05) is 0 Å². The lowest BCUT2D eigenvalue weighted by Gasteiger charge is -2.52. The Morgan fingerprint density at radius 2 is 1.22 bits per heavy atom. The van der Waals surface area contributed by atoms with Crippen molar-refractivity contribution in [3.05, 3.63) is 107 Å². The lowest BCUT2D eigenvalue weighted by Crippen LogP contribution is -2.58. The maximum absolute atomic E-state index is 15.4. The minimum atomic E-state index is -5.28. The predicted molar refractivity (Wildman–Crippen MR) is 161 cm³/mol. The molecular weight excluding hydrogens is 702 g/mol. The van der Waals surface area contributed by atoms with Gasteiger partial charge < -0.3 is 23.7 Å². The summed E-state index contributed by atoms with van der Waals surface area (Å²) in [6.45, 7) is 3.22. The van der Waals surface area contributed by atoms with Crippen LogP contribution in [0.4, 0.5) is 43.9 Å². The van der Waals surface area contributed by atoms with Crippen LogP contribution >= 0.6 is 0 Å². The summed E-state index contributed by atoms with van der Waals surface area (Å²) in [5.41, 5.74) is -2.88. The minimum absolute atomic E-state index is 0.0409. The number of benzene rings is 4. The topological polar surface area (TPSA) is 46.2 Å². The quantitative estimate of drug-likeness (QED) is 0.114. The smallest absolute Gasteiger partial charge is 0.429 e. The van der Waals surface area contributed by atoms with E-state index in [4.69, 9.17) is 14.2 Å². The fourth-order valence-electron chi connectivity index (χ4n) is 6.03. The van der Waals surface area contributed by atoms with Crippen molar-refractivity contribution in [1.29, 1.82) is 0 Å². The molecule has 7 rings (SSSR count). The summed E-state index contributed by atoms with van der Waals surface area (Å²) in [5, 5.41) is 0. The Hall–Kier alpha value is -4.34. The molecule has 15 heteroatoms. The number of ether oxygens (including phenoxy) is 5. The summed E-state index contributed by atoms with van der Waals surface area (Å²) in [7, 11) is 0. The highest BCUT2D eigenvalue weighted by Gasteiger charge is 2.53. The normalized spacial score (nSPS) is 20.5. The SMILES string of the molecule is CCCCCC12COC(c3ccc(-c4ccc(-c5cc(F)c(C(F)(F)Oc6ccc(OC(F)(F)F)c(F)c6)c(F)c5)c(F)c4)c(F)c3)(OC1)OC2. The standard InChI is InChI=1S/C36H28F10O5/c1-2-3-4-11-33-17-47-35(48-18-33,49-19-33)22-6-9-24(27(38)15-22)20-5-8-25(26(37)12-20)21-13-29(40)32(30(41)14-21)34(42,43)50-23-7-10-31(28(39)16-23)51-36(44,45)46/h5-10,12-16H,2-4,11,17-19H2,1H3. The van der Waals surface area contributed by atoms with Crippen molar-refractivity contribution in [3.8, 4) is 33.8 Å². The summed E-state index contributed by atoms with van der Waals surface area (Å²) in [5.74, 6) is -11.4. The van der Waals surface area contributed by atoms with Gasteiger partial charge in [0.25, 0.3) is 0 Å². The van der Waals surface area contributed by atoms with Crippen LogP contribution in [0.15, 0.2) is 66.7 Å².